The molecule has 1 N–H and O–H groups in total. The van der Waals surface area contributed by atoms with Gasteiger partial charge in [-0.3, -0.25) is 0 Å². The molecule has 0 fully saturated rings. The minimum absolute atomic E-state index is 0.178. The molecule has 1 aromatic rings. The van der Waals surface area contributed by atoms with Gasteiger partial charge in [-0.1, -0.05) is 50.7 Å². The van der Waals surface area contributed by atoms with Crippen LogP contribution in [-0.2, 0) is 12.8 Å². The Kier molecular flexibility index (Phi) is 3.74. The Morgan fingerprint density at radius 1 is 1.13 bits per heavy atom. The molecule has 23 heavy (non-hydrogen) atoms. The van der Waals surface area contributed by atoms with Crippen LogP contribution in [0.15, 0.2) is 17.7 Å². The molecule has 0 spiro atoms. The minimum atomic E-state index is -1.61. The maximum Gasteiger partial charge on any atom is 0.131 e. The van der Waals surface area contributed by atoms with Crippen LogP contribution in [-0.4, -0.2) is 13.8 Å². The Morgan fingerprint density at radius 2 is 1.78 bits per heavy atom. The van der Waals surface area contributed by atoms with E-state index in [1.165, 1.54) is 12.8 Å². The standard InChI is InChI=1S/C21H33NSi/c1-14-11-17-16(19(14)23(7,8)22-20(2,3)4)10-9-15-12-21(5,6)13-18(15)17/h9-11,19,22H,12-13H2,1-8H3. The topological polar surface area (TPSA) is 12.0 Å². The second-order valence-electron chi connectivity index (χ2n) is 10.1. The summed E-state index contributed by atoms with van der Waals surface area (Å²) in [5.74, 6) is 0. The van der Waals surface area contributed by atoms with Crippen molar-refractivity contribution in [1.82, 2.24) is 4.98 Å². The third-order valence-electron chi connectivity index (χ3n) is 5.37. The quantitative estimate of drug-likeness (QED) is 0.713. The van der Waals surface area contributed by atoms with Gasteiger partial charge in [0.25, 0.3) is 0 Å². The van der Waals surface area contributed by atoms with Crippen LogP contribution in [0, 0.1) is 5.41 Å². The average molecular weight is 328 g/mol. The fourth-order valence-corrected chi connectivity index (χ4v) is 9.46. The first-order valence-corrected chi connectivity index (χ1v) is 12.1. The summed E-state index contributed by atoms with van der Waals surface area (Å²) >= 11 is 0. The molecular formula is C21H33NSi. The van der Waals surface area contributed by atoms with Crippen molar-refractivity contribution < 1.29 is 0 Å². The van der Waals surface area contributed by atoms with E-state index in [0.29, 0.717) is 11.0 Å². The van der Waals surface area contributed by atoms with Crippen molar-refractivity contribution in [2.45, 2.75) is 78.6 Å². The van der Waals surface area contributed by atoms with Crippen LogP contribution >= 0.6 is 0 Å². The first-order chi connectivity index (χ1) is 10.4. The number of hydrogen-bond acceptors (Lipinski definition) is 1. The second-order valence-corrected chi connectivity index (χ2v) is 14.4. The molecule has 1 aromatic carbocycles. The Balaban J connectivity index is 2.03. The fourth-order valence-electron chi connectivity index (χ4n) is 5.13. The molecule has 2 heteroatoms. The molecule has 0 amide bonds. The van der Waals surface area contributed by atoms with E-state index in [0.717, 1.165) is 0 Å². The summed E-state index contributed by atoms with van der Waals surface area (Å²) in [6.45, 7) is 19.0. The van der Waals surface area contributed by atoms with Gasteiger partial charge in [0.05, 0.1) is 0 Å². The van der Waals surface area contributed by atoms with Crippen LogP contribution in [0.3, 0.4) is 0 Å². The van der Waals surface area contributed by atoms with Crippen LogP contribution in [0.5, 0.6) is 0 Å². The van der Waals surface area contributed by atoms with Crippen LogP contribution in [0.2, 0.25) is 13.1 Å². The third-order valence-corrected chi connectivity index (χ3v) is 8.97. The van der Waals surface area contributed by atoms with Crippen LogP contribution < -0.4 is 4.98 Å². The van der Waals surface area contributed by atoms with Gasteiger partial charge in [0.2, 0.25) is 0 Å². The van der Waals surface area contributed by atoms with Gasteiger partial charge < -0.3 is 4.98 Å². The van der Waals surface area contributed by atoms with Crippen LogP contribution in [0.25, 0.3) is 6.08 Å². The molecule has 0 saturated carbocycles. The lowest BCUT2D eigenvalue weighted by Gasteiger charge is -2.39. The van der Waals surface area contributed by atoms with Crippen molar-refractivity contribution >= 4 is 14.3 Å². The predicted octanol–water partition coefficient (Wildman–Crippen LogP) is 5.44. The van der Waals surface area contributed by atoms with E-state index in [4.69, 9.17) is 0 Å². The van der Waals surface area contributed by atoms with Gasteiger partial charge in [-0.2, -0.15) is 0 Å². The van der Waals surface area contributed by atoms with Gasteiger partial charge in [0, 0.05) is 11.1 Å². The van der Waals surface area contributed by atoms with E-state index in [1.54, 1.807) is 27.8 Å². The molecule has 0 saturated heterocycles. The Bertz CT molecular complexity index is 674. The number of rotatable bonds is 2. The third kappa shape index (κ3) is 3.08. The lowest BCUT2D eigenvalue weighted by Crippen LogP contribution is -2.58. The van der Waals surface area contributed by atoms with E-state index in [9.17, 15) is 0 Å². The lowest BCUT2D eigenvalue weighted by molar-refractivity contribution is 0.392. The van der Waals surface area contributed by atoms with Gasteiger partial charge in [-0.15, -0.1) is 0 Å². The van der Waals surface area contributed by atoms with E-state index in [-0.39, 0.29) is 5.54 Å². The van der Waals surface area contributed by atoms with Gasteiger partial charge in [0.1, 0.15) is 8.24 Å². The number of hydrogen-bond donors (Lipinski definition) is 1. The van der Waals surface area contributed by atoms with Crippen molar-refractivity contribution in [2.24, 2.45) is 5.41 Å². The Labute approximate surface area is 143 Å². The summed E-state index contributed by atoms with van der Waals surface area (Å²) in [5.41, 5.74) is 9.14. The largest absolute Gasteiger partial charge is 0.332 e. The van der Waals surface area contributed by atoms with Gasteiger partial charge >= 0.3 is 0 Å². The highest BCUT2D eigenvalue weighted by Crippen LogP contribution is 2.47. The van der Waals surface area contributed by atoms with Crippen LogP contribution in [0.4, 0.5) is 0 Å². The Morgan fingerprint density at radius 3 is 2.39 bits per heavy atom. The summed E-state index contributed by atoms with van der Waals surface area (Å²) < 4.78 is 0. The molecular weight excluding hydrogens is 294 g/mol. The SMILES string of the molecule is CC1=Cc2c(ccc3c2CC(C)(C)C3)C1[Si](C)(C)NC(C)(C)C. The molecule has 0 radical (unpaired) electrons. The van der Waals surface area contributed by atoms with E-state index in [2.05, 4.69) is 77.8 Å². The Hall–Kier alpha value is -0.863. The number of benzene rings is 1. The average Bonchev–Trinajstić information content (AvgIpc) is 2.80. The molecule has 1 atom stereocenters. The zero-order valence-corrected chi connectivity index (χ0v) is 17.2. The van der Waals surface area contributed by atoms with Gasteiger partial charge in [-0.25, -0.2) is 0 Å². The number of nitrogens with one attached hydrogen (secondary N) is 1. The van der Waals surface area contributed by atoms with Crippen molar-refractivity contribution in [3.8, 4) is 0 Å². The zero-order valence-electron chi connectivity index (χ0n) is 16.2. The monoisotopic (exact) mass is 327 g/mol. The molecule has 0 heterocycles. The first-order valence-electron chi connectivity index (χ1n) is 9.02. The van der Waals surface area contributed by atoms with E-state index < -0.39 is 8.24 Å². The van der Waals surface area contributed by atoms with Crippen molar-refractivity contribution in [3.05, 3.63) is 40.0 Å². The molecule has 2 aliphatic carbocycles. The van der Waals surface area contributed by atoms with E-state index in [1.807, 2.05) is 0 Å². The first kappa shape index (κ1) is 17.0. The maximum absolute atomic E-state index is 3.99. The normalized spacial score (nSPS) is 22.8. The molecule has 126 valence electrons. The van der Waals surface area contributed by atoms with Crippen molar-refractivity contribution in [3.63, 3.8) is 0 Å². The van der Waals surface area contributed by atoms with Crippen molar-refractivity contribution in [1.29, 1.82) is 0 Å². The fraction of sp³-hybridized carbons (Fsp3) is 0.619. The molecule has 0 aliphatic heterocycles. The minimum Gasteiger partial charge on any atom is -0.332 e. The summed E-state index contributed by atoms with van der Waals surface area (Å²) in [4.78, 5) is 3.99. The molecule has 1 nitrogen and oxygen atoms in total. The van der Waals surface area contributed by atoms with Gasteiger partial charge in [0.15, 0.2) is 0 Å². The maximum atomic E-state index is 3.99. The summed E-state index contributed by atoms with van der Waals surface area (Å²) in [6.07, 6.45) is 4.96. The molecule has 0 aromatic heterocycles. The summed E-state index contributed by atoms with van der Waals surface area (Å²) in [5, 5.41) is 0. The summed E-state index contributed by atoms with van der Waals surface area (Å²) in [6, 6.07) is 4.86. The van der Waals surface area contributed by atoms with Crippen molar-refractivity contribution in [2.75, 3.05) is 0 Å². The lowest BCUT2D eigenvalue weighted by atomic mass is 9.90. The van der Waals surface area contributed by atoms with Gasteiger partial charge in [-0.05, 0) is 68.2 Å². The molecule has 2 aliphatic rings. The smallest absolute Gasteiger partial charge is 0.131 e. The predicted molar refractivity (Wildman–Crippen MR) is 104 cm³/mol. The highest BCUT2D eigenvalue weighted by molar-refractivity contribution is 6.77. The number of allylic oxidation sites excluding steroid dienone is 1. The second kappa shape index (κ2) is 5.06. The zero-order chi connectivity index (χ0) is 17.2. The number of fused-ring (bicyclic) bond motifs is 3. The molecule has 3 rings (SSSR count). The molecule has 1 unspecified atom stereocenters. The van der Waals surface area contributed by atoms with Crippen LogP contribution in [0.1, 0.15) is 69.3 Å². The highest BCUT2D eigenvalue weighted by Gasteiger charge is 2.42. The molecule has 0 bridgehead atoms. The van der Waals surface area contributed by atoms with E-state index >= 15 is 0 Å². The highest BCUT2D eigenvalue weighted by atomic mass is 28.3. The summed E-state index contributed by atoms with van der Waals surface area (Å²) in [7, 11) is -1.61.